The molecule has 0 fully saturated rings. The Morgan fingerprint density at radius 2 is 1.10 bits per heavy atom. The normalized spacial score (nSPS) is 13.0. The van der Waals surface area contributed by atoms with Gasteiger partial charge < -0.3 is 18.8 Å². The molecule has 2 aliphatic rings. The summed E-state index contributed by atoms with van der Waals surface area (Å²) in [6.07, 6.45) is 0. The molecule has 0 unspecified atom stereocenters. The molecular formula is C43H28BN3O. The molecule has 0 spiro atoms. The molecule has 0 radical (unpaired) electrons. The molecule has 0 aliphatic carbocycles. The number of ether oxygens (including phenoxy) is 1. The number of rotatable bonds is 3. The second-order valence-electron chi connectivity index (χ2n) is 12.9. The second-order valence-corrected chi connectivity index (χ2v) is 12.9. The summed E-state index contributed by atoms with van der Waals surface area (Å²) in [5.74, 6) is 0.846. The standard InChI is InChI=1S/C43H28BN3O/c1-48-29-25-38-42-39(26-29)47-37-24-23-36-40(30-17-8-10-21-34(30)45(36)27-13-4-2-5-14-27)41(37)31-18-12-20-33(43(31)47)44(42)32-19-9-11-22-35(32)46(38)28-15-6-3-7-16-28/h2-26H,1H3. The zero-order valence-corrected chi connectivity index (χ0v) is 26.3. The fraction of sp³-hybridized carbons (Fsp3) is 0.0233. The molecule has 2 aromatic heterocycles. The van der Waals surface area contributed by atoms with E-state index < -0.39 is 0 Å². The maximum atomic E-state index is 6.06. The summed E-state index contributed by atoms with van der Waals surface area (Å²) in [7, 11) is 1.78. The highest BCUT2D eigenvalue weighted by Crippen LogP contribution is 2.46. The van der Waals surface area contributed by atoms with Gasteiger partial charge >= 0.3 is 0 Å². The minimum atomic E-state index is 0.0822. The summed E-state index contributed by atoms with van der Waals surface area (Å²) in [6, 6.07) is 55.2. The molecule has 0 saturated carbocycles. The third-order valence-electron chi connectivity index (χ3n) is 10.6. The molecule has 5 heteroatoms. The van der Waals surface area contributed by atoms with Crippen molar-refractivity contribution in [3.05, 3.63) is 152 Å². The summed E-state index contributed by atoms with van der Waals surface area (Å²) >= 11 is 0. The lowest BCUT2D eigenvalue weighted by atomic mass is 9.34. The van der Waals surface area contributed by atoms with Gasteiger partial charge in [-0.15, -0.1) is 0 Å². The zero-order chi connectivity index (χ0) is 31.5. The summed E-state index contributed by atoms with van der Waals surface area (Å²) in [6.45, 7) is 0.0822. The molecule has 0 atom stereocenters. The van der Waals surface area contributed by atoms with Gasteiger partial charge in [-0.2, -0.15) is 0 Å². The number of fused-ring (bicyclic) bond motifs is 11. The molecule has 4 nitrogen and oxygen atoms in total. The maximum Gasteiger partial charge on any atom is 0.252 e. The van der Waals surface area contributed by atoms with E-state index in [1.807, 2.05) is 0 Å². The molecule has 11 rings (SSSR count). The Bertz CT molecular complexity index is 2780. The van der Waals surface area contributed by atoms with Crippen LogP contribution in [-0.4, -0.2) is 23.0 Å². The van der Waals surface area contributed by atoms with Gasteiger partial charge in [0.05, 0.1) is 23.7 Å². The first-order valence-electron chi connectivity index (χ1n) is 16.5. The summed E-state index contributed by atoms with van der Waals surface area (Å²) in [5.41, 5.74) is 14.7. The minimum Gasteiger partial charge on any atom is -0.497 e. The minimum absolute atomic E-state index is 0.0822. The molecule has 0 N–H and O–H groups in total. The summed E-state index contributed by atoms with van der Waals surface area (Å²) in [4.78, 5) is 2.41. The SMILES string of the molecule is COc1cc2c3c(c1)-n1c4ccc5c(c6ccccc6n5-c5ccccc5)c4c4cccc(c41)B3c1ccccc1N2c1ccccc1. The second kappa shape index (κ2) is 9.43. The van der Waals surface area contributed by atoms with Crippen molar-refractivity contribution in [2.24, 2.45) is 0 Å². The lowest BCUT2D eigenvalue weighted by Gasteiger charge is -2.40. The molecule has 0 saturated heterocycles. The highest BCUT2D eigenvalue weighted by atomic mass is 16.5. The van der Waals surface area contributed by atoms with Crippen LogP contribution in [0.5, 0.6) is 5.75 Å². The molecule has 0 bridgehead atoms. The van der Waals surface area contributed by atoms with E-state index in [0.29, 0.717) is 0 Å². The predicted octanol–water partition coefficient (Wildman–Crippen LogP) is 8.50. The quantitative estimate of drug-likeness (QED) is 0.187. The van der Waals surface area contributed by atoms with Crippen LogP contribution >= 0.6 is 0 Å². The fourth-order valence-electron chi connectivity index (χ4n) is 8.76. The van der Waals surface area contributed by atoms with E-state index in [9.17, 15) is 0 Å². The van der Waals surface area contributed by atoms with Crippen LogP contribution in [0.25, 0.3) is 55.0 Å². The van der Waals surface area contributed by atoms with Crippen LogP contribution in [-0.2, 0) is 0 Å². The van der Waals surface area contributed by atoms with Gasteiger partial charge in [0.25, 0.3) is 6.71 Å². The summed E-state index contributed by atoms with van der Waals surface area (Å²) < 4.78 is 11.0. The molecular weight excluding hydrogens is 585 g/mol. The van der Waals surface area contributed by atoms with Gasteiger partial charge in [-0.05, 0) is 64.9 Å². The van der Waals surface area contributed by atoms with Crippen LogP contribution in [0.1, 0.15) is 0 Å². The Labute approximate surface area is 277 Å². The van der Waals surface area contributed by atoms with Crippen molar-refractivity contribution in [1.82, 2.24) is 9.13 Å². The van der Waals surface area contributed by atoms with Crippen LogP contribution in [0, 0.1) is 0 Å². The van der Waals surface area contributed by atoms with Crippen LogP contribution in [0.15, 0.2) is 152 Å². The third kappa shape index (κ3) is 3.20. The highest BCUT2D eigenvalue weighted by Gasteiger charge is 2.42. The first kappa shape index (κ1) is 25.9. The van der Waals surface area contributed by atoms with E-state index in [0.717, 1.165) is 17.1 Å². The van der Waals surface area contributed by atoms with Crippen molar-refractivity contribution in [2.75, 3.05) is 12.0 Å². The average Bonchev–Trinajstić information content (AvgIpc) is 3.67. The number of benzene rings is 7. The topological polar surface area (TPSA) is 22.3 Å². The van der Waals surface area contributed by atoms with Gasteiger partial charge in [0.1, 0.15) is 5.75 Å². The Balaban J connectivity index is 1.33. The lowest BCUT2D eigenvalue weighted by molar-refractivity contribution is 0.415. The van der Waals surface area contributed by atoms with Crippen LogP contribution in [0.3, 0.4) is 0 Å². The number of para-hydroxylation sites is 5. The van der Waals surface area contributed by atoms with Crippen molar-refractivity contribution >= 4 is 83.8 Å². The van der Waals surface area contributed by atoms with Gasteiger partial charge in [0.2, 0.25) is 0 Å². The monoisotopic (exact) mass is 613 g/mol. The Morgan fingerprint density at radius 3 is 1.92 bits per heavy atom. The Kier molecular flexibility index (Phi) is 5.09. The van der Waals surface area contributed by atoms with E-state index in [1.165, 1.54) is 77.1 Å². The number of aromatic nitrogens is 2. The van der Waals surface area contributed by atoms with Gasteiger partial charge in [0.15, 0.2) is 0 Å². The average molecular weight is 614 g/mol. The van der Waals surface area contributed by atoms with Crippen LogP contribution in [0.4, 0.5) is 17.1 Å². The van der Waals surface area contributed by atoms with Gasteiger partial charge in [-0.25, -0.2) is 0 Å². The van der Waals surface area contributed by atoms with E-state index in [-0.39, 0.29) is 6.71 Å². The molecule has 48 heavy (non-hydrogen) atoms. The van der Waals surface area contributed by atoms with E-state index in [2.05, 4.69) is 166 Å². The van der Waals surface area contributed by atoms with Crippen molar-refractivity contribution < 1.29 is 4.74 Å². The lowest BCUT2D eigenvalue weighted by Crippen LogP contribution is -2.60. The highest BCUT2D eigenvalue weighted by molar-refractivity contribution is 7.00. The van der Waals surface area contributed by atoms with E-state index in [4.69, 9.17) is 4.74 Å². The van der Waals surface area contributed by atoms with Crippen molar-refractivity contribution in [3.8, 4) is 17.1 Å². The molecule has 9 aromatic rings. The van der Waals surface area contributed by atoms with Crippen molar-refractivity contribution in [2.45, 2.75) is 0 Å². The van der Waals surface area contributed by atoms with Gasteiger partial charge in [-0.1, -0.05) is 91.0 Å². The largest absolute Gasteiger partial charge is 0.497 e. The molecule has 0 amide bonds. The van der Waals surface area contributed by atoms with Crippen molar-refractivity contribution in [3.63, 3.8) is 0 Å². The van der Waals surface area contributed by atoms with Gasteiger partial charge in [0, 0.05) is 67.6 Å². The summed E-state index contributed by atoms with van der Waals surface area (Å²) in [5, 5.41) is 5.12. The first-order chi connectivity index (χ1) is 23.8. The smallest absolute Gasteiger partial charge is 0.252 e. The molecule has 7 aromatic carbocycles. The van der Waals surface area contributed by atoms with Gasteiger partial charge in [-0.3, -0.25) is 0 Å². The number of hydrogen-bond acceptors (Lipinski definition) is 2. The first-order valence-corrected chi connectivity index (χ1v) is 16.5. The predicted molar refractivity (Wildman–Crippen MR) is 201 cm³/mol. The zero-order valence-electron chi connectivity index (χ0n) is 26.3. The van der Waals surface area contributed by atoms with Crippen molar-refractivity contribution in [1.29, 1.82) is 0 Å². The maximum absolute atomic E-state index is 6.06. The molecule has 2 aliphatic heterocycles. The third-order valence-corrected chi connectivity index (χ3v) is 10.6. The Morgan fingerprint density at radius 1 is 0.479 bits per heavy atom. The molecule has 4 heterocycles. The number of anilines is 3. The van der Waals surface area contributed by atoms with E-state index in [1.54, 1.807) is 7.11 Å². The van der Waals surface area contributed by atoms with Crippen LogP contribution in [0.2, 0.25) is 0 Å². The fourth-order valence-corrected chi connectivity index (χ4v) is 8.76. The number of methoxy groups -OCH3 is 1. The van der Waals surface area contributed by atoms with E-state index >= 15 is 0 Å². The Hall–Kier alpha value is -6.20. The number of hydrogen-bond donors (Lipinski definition) is 0. The molecule has 224 valence electrons. The number of nitrogens with zero attached hydrogens (tertiary/aromatic N) is 3. The van der Waals surface area contributed by atoms with Crippen LogP contribution < -0.4 is 26.0 Å².